The normalized spacial score (nSPS) is 16.8. The predicted octanol–water partition coefficient (Wildman–Crippen LogP) is 3.56. The summed E-state index contributed by atoms with van der Waals surface area (Å²) in [6, 6.07) is 11.3. The molecule has 1 amide bonds. The molecule has 1 saturated carbocycles. The van der Waals surface area contributed by atoms with Gasteiger partial charge in [0, 0.05) is 16.6 Å². The fraction of sp³-hybridized carbons (Fsp3) is 0.316. The molecule has 0 bridgehead atoms. The summed E-state index contributed by atoms with van der Waals surface area (Å²) in [5.41, 5.74) is 7.40. The summed E-state index contributed by atoms with van der Waals surface area (Å²) in [6.07, 6.45) is 3.79. The second kappa shape index (κ2) is 7.08. The average molecular weight is 352 g/mol. The molecule has 25 heavy (non-hydrogen) atoms. The van der Waals surface area contributed by atoms with Crippen LogP contribution in [-0.4, -0.2) is 10.9 Å². The first-order valence-corrected chi connectivity index (χ1v) is 9.14. The summed E-state index contributed by atoms with van der Waals surface area (Å²) in [4.78, 5) is 17.3. The smallest absolute Gasteiger partial charge is 0.252 e. The van der Waals surface area contributed by atoms with Crippen LogP contribution in [0.1, 0.15) is 53.7 Å². The van der Waals surface area contributed by atoms with Gasteiger partial charge in [-0.05, 0) is 31.9 Å². The summed E-state index contributed by atoms with van der Waals surface area (Å²) >= 11 is 1.48. The first-order valence-electron chi connectivity index (χ1n) is 8.26. The summed E-state index contributed by atoms with van der Waals surface area (Å²) in [6.45, 7) is 1.69. The van der Waals surface area contributed by atoms with E-state index in [1.807, 2.05) is 23.6 Å². The highest BCUT2D eigenvalue weighted by Gasteiger charge is 2.40. The maximum atomic E-state index is 12.7. The van der Waals surface area contributed by atoms with E-state index in [9.17, 15) is 10.1 Å². The fourth-order valence-corrected chi connectivity index (χ4v) is 4.23. The van der Waals surface area contributed by atoms with Crippen molar-refractivity contribution in [2.75, 3.05) is 0 Å². The van der Waals surface area contributed by atoms with Crippen LogP contribution in [0, 0.1) is 11.3 Å². The van der Waals surface area contributed by atoms with Crippen LogP contribution in [0.3, 0.4) is 0 Å². The molecule has 0 spiro atoms. The number of hydrogen-bond donors (Lipinski definition) is 2. The summed E-state index contributed by atoms with van der Waals surface area (Å²) in [5.74, 6) is -0.0923. The maximum Gasteiger partial charge on any atom is 0.252 e. The monoisotopic (exact) mass is 352 g/mol. The molecule has 128 valence electrons. The fourth-order valence-electron chi connectivity index (χ4n) is 3.21. The van der Waals surface area contributed by atoms with E-state index < -0.39 is 5.54 Å². The van der Waals surface area contributed by atoms with Crippen LogP contribution >= 0.6 is 11.3 Å². The number of carbonyl (C=O) groups is 1. The van der Waals surface area contributed by atoms with E-state index in [4.69, 9.17) is 5.73 Å². The number of benzene rings is 1. The van der Waals surface area contributed by atoms with Crippen LogP contribution in [0.5, 0.6) is 0 Å². The standard InChI is InChI=1S/C19H20N4OS/c1-13(21)15(11-20)16-12-25-18(22-16)19(9-5-6-10-19)23-17(24)14-7-3-2-4-8-14/h2-4,7-8,12H,5-6,9-10,21H2,1H3,(H,23,24). The third-order valence-corrected chi connectivity index (χ3v) is 5.57. The molecule has 0 saturated heterocycles. The van der Waals surface area contributed by atoms with Crippen molar-refractivity contribution in [3.8, 4) is 6.07 Å². The van der Waals surface area contributed by atoms with Gasteiger partial charge in [0.15, 0.2) is 0 Å². The molecular formula is C19H20N4OS. The highest BCUT2D eigenvalue weighted by molar-refractivity contribution is 7.10. The van der Waals surface area contributed by atoms with Gasteiger partial charge in [-0.15, -0.1) is 11.3 Å². The Kier molecular flexibility index (Phi) is 4.86. The van der Waals surface area contributed by atoms with Gasteiger partial charge >= 0.3 is 0 Å². The minimum atomic E-state index is -0.459. The van der Waals surface area contributed by atoms with Gasteiger partial charge in [0.05, 0.1) is 16.8 Å². The van der Waals surface area contributed by atoms with E-state index >= 15 is 0 Å². The van der Waals surface area contributed by atoms with Gasteiger partial charge in [0.2, 0.25) is 0 Å². The zero-order valence-corrected chi connectivity index (χ0v) is 14.9. The number of nitrogens with two attached hydrogens (primary N) is 1. The second-order valence-corrected chi connectivity index (χ2v) is 7.18. The Morgan fingerprint density at radius 3 is 2.60 bits per heavy atom. The van der Waals surface area contributed by atoms with E-state index in [-0.39, 0.29) is 5.91 Å². The third-order valence-electron chi connectivity index (χ3n) is 4.52. The summed E-state index contributed by atoms with van der Waals surface area (Å²) in [5, 5.41) is 15.2. The molecule has 0 radical (unpaired) electrons. The van der Waals surface area contributed by atoms with Gasteiger partial charge in [-0.2, -0.15) is 5.26 Å². The van der Waals surface area contributed by atoms with Gasteiger partial charge < -0.3 is 11.1 Å². The van der Waals surface area contributed by atoms with Crippen molar-refractivity contribution in [2.24, 2.45) is 5.73 Å². The van der Waals surface area contributed by atoms with Crippen molar-refractivity contribution in [1.29, 1.82) is 5.26 Å². The molecule has 1 aliphatic carbocycles. The Balaban J connectivity index is 1.92. The zero-order chi connectivity index (χ0) is 17.9. The van der Waals surface area contributed by atoms with Crippen LogP contribution in [0.15, 0.2) is 41.4 Å². The number of carbonyl (C=O) groups excluding carboxylic acids is 1. The molecule has 1 aromatic heterocycles. The Bertz CT molecular complexity index is 838. The molecule has 0 aliphatic heterocycles. The summed E-state index contributed by atoms with van der Waals surface area (Å²) < 4.78 is 0. The Labute approximate surface area is 151 Å². The lowest BCUT2D eigenvalue weighted by molar-refractivity contribution is 0.0898. The van der Waals surface area contributed by atoms with Crippen LogP contribution in [-0.2, 0) is 5.54 Å². The van der Waals surface area contributed by atoms with Crippen molar-refractivity contribution in [1.82, 2.24) is 10.3 Å². The molecule has 2 aromatic rings. The molecule has 0 atom stereocenters. The van der Waals surface area contributed by atoms with Crippen LogP contribution < -0.4 is 11.1 Å². The van der Waals surface area contributed by atoms with Gasteiger partial charge in [-0.1, -0.05) is 31.0 Å². The number of amides is 1. The Morgan fingerprint density at radius 1 is 1.32 bits per heavy atom. The van der Waals surface area contributed by atoms with Crippen molar-refractivity contribution in [3.63, 3.8) is 0 Å². The lowest BCUT2D eigenvalue weighted by Crippen LogP contribution is -2.43. The van der Waals surface area contributed by atoms with Crippen molar-refractivity contribution in [3.05, 3.63) is 57.7 Å². The number of nitriles is 1. The van der Waals surface area contributed by atoms with Gasteiger partial charge in [0.1, 0.15) is 11.1 Å². The van der Waals surface area contributed by atoms with E-state index in [1.54, 1.807) is 19.1 Å². The van der Waals surface area contributed by atoms with E-state index in [0.29, 0.717) is 22.5 Å². The lowest BCUT2D eigenvalue weighted by atomic mass is 9.97. The number of nitrogens with zero attached hydrogens (tertiary/aromatic N) is 2. The molecule has 1 fully saturated rings. The van der Waals surface area contributed by atoms with Gasteiger partial charge in [-0.3, -0.25) is 4.79 Å². The number of thiazole rings is 1. The highest BCUT2D eigenvalue weighted by atomic mass is 32.1. The van der Waals surface area contributed by atoms with Crippen molar-refractivity contribution in [2.45, 2.75) is 38.1 Å². The Hall–Kier alpha value is -2.65. The molecular weight excluding hydrogens is 332 g/mol. The Morgan fingerprint density at radius 2 is 2.00 bits per heavy atom. The predicted molar refractivity (Wildman–Crippen MR) is 98.6 cm³/mol. The van der Waals surface area contributed by atoms with Crippen LogP contribution in [0.25, 0.3) is 5.57 Å². The quantitative estimate of drug-likeness (QED) is 0.823. The summed E-state index contributed by atoms with van der Waals surface area (Å²) in [7, 11) is 0. The van der Waals surface area contributed by atoms with E-state index in [0.717, 1.165) is 30.7 Å². The maximum absolute atomic E-state index is 12.7. The number of nitrogens with one attached hydrogen (secondary N) is 1. The molecule has 0 unspecified atom stereocenters. The number of allylic oxidation sites excluding steroid dienone is 2. The molecule has 3 N–H and O–H groups in total. The SMILES string of the molecule is CC(N)=C(C#N)c1csc(C2(NC(=O)c3ccccc3)CCCC2)n1. The minimum Gasteiger partial charge on any atom is -0.401 e. The van der Waals surface area contributed by atoms with E-state index in [2.05, 4.69) is 16.4 Å². The average Bonchev–Trinajstić information content (AvgIpc) is 3.26. The number of aromatic nitrogens is 1. The molecule has 3 rings (SSSR count). The van der Waals surface area contributed by atoms with Crippen LogP contribution in [0.2, 0.25) is 0 Å². The van der Waals surface area contributed by atoms with Crippen molar-refractivity contribution < 1.29 is 4.79 Å². The molecule has 1 aromatic carbocycles. The molecule has 5 nitrogen and oxygen atoms in total. The minimum absolute atomic E-state index is 0.0923. The molecule has 1 aliphatic rings. The van der Waals surface area contributed by atoms with E-state index in [1.165, 1.54) is 11.3 Å². The zero-order valence-electron chi connectivity index (χ0n) is 14.1. The number of rotatable bonds is 4. The first kappa shape index (κ1) is 17.2. The van der Waals surface area contributed by atoms with Gasteiger partial charge in [0.25, 0.3) is 5.91 Å². The first-order chi connectivity index (χ1) is 12.1. The second-order valence-electron chi connectivity index (χ2n) is 6.32. The largest absolute Gasteiger partial charge is 0.401 e. The highest BCUT2D eigenvalue weighted by Crippen LogP contribution is 2.41. The van der Waals surface area contributed by atoms with Crippen molar-refractivity contribution >= 4 is 22.8 Å². The topological polar surface area (TPSA) is 91.8 Å². The third kappa shape index (κ3) is 3.42. The lowest BCUT2D eigenvalue weighted by Gasteiger charge is -2.28. The molecule has 6 heteroatoms. The van der Waals surface area contributed by atoms with Gasteiger partial charge in [-0.25, -0.2) is 4.98 Å². The van der Waals surface area contributed by atoms with Crippen LogP contribution in [0.4, 0.5) is 0 Å². The molecule has 1 heterocycles. The number of hydrogen-bond acceptors (Lipinski definition) is 5.